The predicted molar refractivity (Wildman–Crippen MR) is 99.3 cm³/mol. The second kappa shape index (κ2) is 6.11. The molecule has 7 nitrogen and oxygen atoms in total. The molecule has 7 heteroatoms. The average molecular weight is 366 g/mol. The molecule has 0 spiro atoms. The predicted octanol–water partition coefficient (Wildman–Crippen LogP) is 0.876. The third-order valence-corrected chi connectivity index (χ3v) is 6.03. The highest BCUT2D eigenvalue weighted by molar-refractivity contribution is 6.00. The highest BCUT2D eigenvalue weighted by atomic mass is 16.2. The van der Waals surface area contributed by atoms with Gasteiger partial charge in [-0.3, -0.25) is 14.4 Å². The van der Waals surface area contributed by atoms with Crippen LogP contribution in [0, 0.1) is 0 Å². The summed E-state index contributed by atoms with van der Waals surface area (Å²) >= 11 is 0. The lowest BCUT2D eigenvalue weighted by Gasteiger charge is -2.28. The quantitative estimate of drug-likeness (QED) is 0.736. The number of hydrogen-bond acceptors (Lipinski definition) is 3. The Morgan fingerprint density at radius 1 is 1.19 bits per heavy atom. The minimum atomic E-state index is -0.462. The van der Waals surface area contributed by atoms with E-state index in [-0.39, 0.29) is 30.3 Å². The number of rotatable bonds is 2. The fraction of sp³-hybridized carbons (Fsp3) is 0.450. The minimum absolute atomic E-state index is 0.0469. The lowest BCUT2D eigenvalue weighted by atomic mass is 9.95. The summed E-state index contributed by atoms with van der Waals surface area (Å²) in [7, 11) is 0. The molecule has 0 radical (unpaired) electrons. The van der Waals surface area contributed by atoms with Gasteiger partial charge in [-0.25, -0.2) is 0 Å². The van der Waals surface area contributed by atoms with Crippen molar-refractivity contribution in [2.75, 3.05) is 13.1 Å². The number of hydrogen-bond donors (Lipinski definition) is 3. The molecule has 1 aliphatic carbocycles. The molecule has 0 bridgehead atoms. The van der Waals surface area contributed by atoms with Crippen LogP contribution in [0.1, 0.15) is 40.9 Å². The number of aryl methyl sites for hydroxylation is 2. The van der Waals surface area contributed by atoms with E-state index in [1.54, 1.807) is 4.90 Å². The molecule has 1 aromatic carbocycles. The van der Waals surface area contributed by atoms with Crippen molar-refractivity contribution in [1.82, 2.24) is 20.5 Å². The summed E-state index contributed by atoms with van der Waals surface area (Å²) in [4.78, 5) is 41.8. The second-order valence-electron chi connectivity index (χ2n) is 7.74. The molecule has 2 saturated heterocycles. The van der Waals surface area contributed by atoms with E-state index in [1.165, 1.54) is 24.1 Å². The molecule has 2 aromatic rings. The molecule has 2 atom stereocenters. The van der Waals surface area contributed by atoms with Crippen LogP contribution < -0.4 is 10.6 Å². The number of piperazine rings is 1. The van der Waals surface area contributed by atoms with Crippen molar-refractivity contribution in [1.29, 1.82) is 0 Å². The monoisotopic (exact) mass is 366 g/mol. The molecule has 3 aliphatic rings. The van der Waals surface area contributed by atoms with Gasteiger partial charge >= 0.3 is 0 Å². The van der Waals surface area contributed by atoms with Gasteiger partial charge in [-0.1, -0.05) is 0 Å². The molecule has 3 heterocycles. The maximum atomic E-state index is 12.8. The lowest BCUT2D eigenvalue weighted by Crippen LogP contribution is -2.55. The number of aromatic amines is 1. The van der Waals surface area contributed by atoms with E-state index in [4.69, 9.17) is 0 Å². The van der Waals surface area contributed by atoms with E-state index in [0.29, 0.717) is 18.5 Å². The SMILES string of the molecule is O=C(N[C@H]1C[C@H]2C(=O)NCC(=O)N2C1)c1ccc2[nH]c3c(c2c1)CCCC3. The van der Waals surface area contributed by atoms with Gasteiger partial charge in [-0.15, -0.1) is 0 Å². The van der Waals surface area contributed by atoms with Crippen LogP contribution in [-0.2, 0) is 22.4 Å². The Hall–Kier alpha value is -2.83. The van der Waals surface area contributed by atoms with Gasteiger partial charge in [0.2, 0.25) is 11.8 Å². The highest BCUT2D eigenvalue weighted by Gasteiger charge is 2.42. The van der Waals surface area contributed by atoms with Crippen molar-refractivity contribution in [2.24, 2.45) is 0 Å². The molecule has 3 amide bonds. The molecular weight excluding hydrogens is 344 g/mol. The van der Waals surface area contributed by atoms with Crippen LogP contribution in [0.2, 0.25) is 0 Å². The third kappa shape index (κ3) is 2.69. The van der Waals surface area contributed by atoms with E-state index >= 15 is 0 Å². The minimum Gasteiger partial charge on any atom is -0.358 e. The fourth-order valence-electron chi connectivity index (χ4n) is 4.66. The first-order valence-electron chi connectivity index (χ1n) is 9.61. The molecule has 0 saturated carbocycles. The van der Waals surface area contributed by atoms with Gasteiger partial charge in [-0.05, 0) is 55.9 Å². The van der Waals surface area contributed by atoms with Gasteiger partial charge in [-0.2, -0.15) is 0 Å². The maximum Gasteiger partial charge on any atom is 0.251 e. The van der Waals surface area contributed by atoms with Gasteiger partial charge < -0.3 is 20.5 Å². The topological polar surface area (TPSA) is 94.3 Å². The lowest BCUT2D eigenvalue weighted by molar-refractivity contribution is -0.143. The summed E-state index contributed by atoms with van der Waals surface area (Å²) in [5.74, 6) is -0.371. The molecule has 3 N–H and O–H groups in total. The molecule has 27 heavy (non-hydrogen) atoms. The summed E-state index contributed by atoms with van der Waals surface area (Å²) in [5.41, 5.74) is 4.34. The van der Waals surface area contributed by atoms with Crippen LogP contribution in [0.5, 0.6) is 0 Å². The third-order valence-electron chi connectivity index (χ3n) is 6.03. The number of aromatic nitrogens is 1. The molecule has 5 rings (SSSR count). The summed E-state index contributed by atoms with van der Waals surface area (Å²) in [6.07, 6.45) is 4.98. The van der Waals surface area contributed by atoms with Crippen LogP contribution >= 0.6 is 0 Å². The van der Waals surface area contributed by atoms with Gasteiger partial charge in [0.15, 0.2) is 0 Å². The Labute approximate surface area is 156 Å². The number of carbonyl (C=O) groups is 3. The zero-order valence-corrected chi connectivity index (χ0v) is 15.0. The van der Waals surface area contributed by atoms with Crippen LogP contribution in [0.25, 0.3) is 10.9 Å². The van der Waals surface area contributed by atoms with Crippen molar-refractivity contribution >= 4 is 28.6 Å². The molecular formula is C20H22N4O3. The van der Waals surface area contributed by atoms with Gasteiger partial charge in [0.25, 0.3) is 5.91 Å². The molecule has 0 unspecified atom stereocenters. The fourth-order valence-corrected chi connectivity index (χ4v) is 4.66. The van der Waals surface area contributed by atoms with E-state index in [1.807, 2.05) is 18.2 Å². The van der Waals surface area contributed by atoms with Crippen molar-refractivity contribution < 1.29 is 14.4 Å². The van der Waals surface area contributed by atoms with Gasteiger partial charge in [0.05, 0.1) is 6.54 Å². The number of carbonyl (C=O) groups excluding carboxylic acids is 3. The number of nitrogens with one attached hydrogen (secondary N) is 3. The number of fused-ring (bicyclic) bond motifs is 4. The molecule has 1 aromatic heterocycles. The van der Waals surface area contributed by atoms with Gasteiger partial charge in [0.1, 0.15) is 6.04 Å². The molecule has 2 fully saturated rings. The number of benzene rings is 1. The summed E-state index contributed by atoms with van der Waals surface area (Å²) < 4.78 is 0. The first-order chi connectivity index (χ1) is 13.1. The Kier molecular flexibility index (Phi) is 3.70. The van der Waals surface area contributed by atoms with Crippen molar-refractivity contribution in [3.05, 3.63) is 35.0 Å². The van der Waals surface area contributed by atoms with E-state index < -0.39 is 6.04 Å². The molecule has 2 aliphatic heterocycles. The summed E-state index contributed by atoms with van der Waals surface area (Å²) in [6.45, 7) is 0.440. The van der Waals surface area contributed by atoms with Crippen molar-refractivity contribution in [3.8, 4) is 0 Å². The van der Waals surface area contributed by atoms with E-state index in [2.05, 4.69) is 15.6 Å². The summed E-state index contributed by atoms with van der Waals surface area (Å²) in [6, 6.07) is 5.10. The Morgan fingerprint density at radius 2 is 2.04 bits per heavy atom. The Balaban J connectivity index is 1.35. The zero-order chi connectivity index (χ0) is 18.5. The number of amides is 3. The smallest absolute Gasteiger partial charge is 0.251 e. The number of H-pyrrole nitrogens is 1. The van der Waals surface area contributed by atoms with Crippen LogP contribution in [0.4, 0.5) is 0 Å². The summed E-state index contributed by atoms with van der Waals surface area (Å²) in [5, 5.41) is 6.75. The van der Waals surface area contributed by atoms with Crippen LogP contribution in [0.3, 0.4) is 0 Å². The normalized spacial score (nSPS) is 24.5. The molecule has 140 valence electrons. The van der Waals surface area contributed by atoms with Crippen molar-refractivity contribution in [2.45, 2.75) is 44.2 Å². The highest BCUT2D eigenvalue weighted by Crippen LogP contribution is 2.30. The largest absolute Gasteiger partial charge is 0.358 e. The Bertz CT molecular complexity index is 940. The van der Waals surface area contributed by atoms with E-state index in [0.717, 1.165) is 23.7 Å². The first-order valence-corrected chi connectivity index (χ1v) is 9.61. The number of nitrogens with zero attached hydrogens (tertiary/aromatic N) is 1. The van der Waals surface area contributed by atoms with Gasteiger partial charge in [0, 0.05) is 34.7 Å². The second-order valence-corrected chi connectivity index (χ2v) is 7.74. The van der Waals surface area contributed by atoms with Crippen LogP contribution in [0.15, 0.2) is 18.2 Å². The zero-order valence-electron chi connectivity index (χ0n) is 15.0. The standard InChI is InChI=1S/C20H22N4O3/c25-18-9-21-20(27)17-8-12(10-24(17)18)22-19(26)11-5-6-16-14(7-11)13-3-1-2-4-15(13)23-16/h5-7,12,17,23H,1-4,8-10H2,(H,21,27)(H,22,26)/t12-,17-/m0/s1. The van der Waals surface area contributed by atoms with Crippen molar-refractivity contribution in [3.63, 3.8) is 0 Å². The van der Waals surface area contributed by atoms with Crippen LogP contribution in [-0.4, -0.2) is 52.8 Å². The maximum absolute atomic E-state index is 12.8. The Morgan fingerprint density at radius 3 is 2.89 bits per heavy atom. The van der Waals surface area contributed by atoms with E-state index in [9.17, 15) is 14.4 Å². The average Bonchev–Trinajstić information content (AvgIpc) is 3.26. The first kappa shape index (κ1) is 16.4.